The molecule has 8 heteroatoms. The van der Waals surface area contributed by atoms with Gasteiger partial charge in [-0.15, -0.1) is 22.7 Å². The van der Waals surface area contributed by atoms with Crippen LogP contribution in [0.5, 0.6) is 0 Å². The summed E-state index contributed by atoms with van der Waals surface area (Å²) < 4.78 is 0. The van der Waals surface area contributed by atoms with Crippen LogP contribution in [0, 0.1) is 0 Å². The van der Waals surface area contributed by atoms with Crippen molar-refractivity contribution in [2.75, 3.05) is 5.32 Å². The first kappa shape index (κ1) is 19.1. The maximum atomic E-state index is 12.7. The number of aryl methyl sites for hydroxylation is 1. The maximum absolute atomic E-state index is 12.7. The van der Waals surface area contributed by atoms with E-state index in [1.165, 1.54) is 11.3 Å². The molecule has 1 aliphatic carbocycles. The van der Waals surface area contributed by atoms with E-state index in [2.05, 4.69) is 15.6 Å². The molecule has 0 saturated heterocycles. The first-order valence-corrected chi connectivity index (χ1v) is 11.0. The van der Waals surface area contributed by atoms with Gasteiger partial charge in [0.15, 0.2) is 5.13 Å². The molecule has 1 aliphatic rings. The number of thiazole rings is 1. The molecule has 2 N–H and O–H groups in total. The third kappa shape index (κ3) is 4.27. The van der Waals surface area contributed by atoms with Crippen LogP contribution in [0.2, 0.25) is 5.02 Å². The molecule has 4 rings (SSSR count). The molecule has 2 amide bonds. The minimum absolute atomic E-state index is 0.00442. The Morgan fingerprint density at radius 1 is 1.21 bits per heavy atom. The van der Waals surface area contributed by atoms with Crippen LogP contribution in [0.25, 0.3) is 0 Å². The zero-order valence-electron chi connectivity index (χ0n) is 14.9. The van der Waals surface area contributed by atoms with Crippen molar-refractivity contribution in [3.63, 3.8) is 0 Å². The number of carbonyl (C=O) groups is 2. The highest BCUT2D eigenvalue weighted by molar-refractivity contribution is 7.16. The number of benzene rings is 1. The fraction of sp³-hybridized carbons (Fsp3) is 0.250. The van der Waals surface area contributed by atoms with E-state index < -0.39 is 0 Å². The molecular weight excluding hydrogens is 414 g/mol. The topological polar surface area (TPSA) is 71.1 Å². The van der Waals surface area contributed by atoms with Crippen LogP contribution in [0.4, 0.5) is 5.13 Å². The third-order valence-corrected chi connectivity index (χ3v) is 6.79. The number of fused-ring (bicyclic) bond motifs is 1. The Bertz CT molecular complexity index is 984. The SMILES string of the molecule is O=C(Nc1nc2c(s1)CCC[C@@H]2C(=O)NCc1cccs1)c1ccc(Cl)cc1. The van der Waals surface area contributed by atoms with Crippen LogP contribution in [0.1, 0.15) is 44.6 Å². The Balaban J connectivity index is 1.46. The number of halogens is 1. The lowest BCUT2D eigenvalue weighted by Gasteiger charge is -2.20. The Labute approximate surface area is 175 Å². The zero-order valence-corrected chi connectivity index (χ0v) is 17.3. The van der Waals surface area contributed by atoms with Crippen molar-refractivity contribution < 1.29 is 9.59 Å². The molecule has 1 aromatic carbocycles. The van der Waals surface area contributed by atoms with Crippen molar-refractivity contribution in [3.05, 3.63) is 67.8 Å². The number of amides is 2. The smallest absolute Gasteiger partial charge is 0.257 e. The van der Waals surface area contributed by atoms with Crippen LogP contribution in [0.15, 0.2) is 41.8 Å². The number of thiophene rings is 1. The van der Waals surface area contributed by atoms with Crippen molar-refractivity contribution in [2.24, 2.45) is 0 Å². The molecule has 2 heterocycles. The van der Waals surface area contributed by atoms with E-state index in [-0.39, 0.29) is 17.7 Å². The van der Waals surface area contributed by atoms with Crippen LogP contribution in [-0.4, -0.2) is 16.8 Å². The van der Waals surface area contributed by atoms with Gasteiger partial charge in [0.1, 0.15) is 0 Å². The van der Waals surface area contributed by atoms with E-state index in [0.717, 1.165) is 34.7 Å². The molecule has 0 spiro atoms. The second kappa shape index (κ2) is 8.43. The van der Waals surface area contributed by atoms with E-state index in [4.69, 9.17) is 11.6 Å². The number of nitrogens with one attached hydrogen (secondary N) is 2. The van der Waals surface area contributed by atoms with Crippen molar-refractivity contribution in [2.45, 2.75) is 31.7 Å². The first-order chi connectivity index (χ1) is 13.6. The summed E-state index contributed by atoms with van der Waals surface area (Å²) in [5.74, 6) is -0.502. The molecule has 28 heavy (non-hydrogen) atoms. The van der Waals surface area contributed by atoms with Crippen LogP contribution in [-0.2, 0) is 17.8 Å². The largest absolute Gasteiger partial charge is 0.351 e. The lowest BCUT2D eigenvalue weighted by molar-refractivity contribution is -0.123. The molecule has 0 bridgehead atoms. The third-order valence-electron chi connectivity index (χ3n) is 4.61. The van der Waals surface area contributed by atoms with Gasteiger partial charge in [-0.25, -0.2) is 4.98 Å². The Morgan fingerprint density at radius 2 is 2.04 bits per heavy atom. The monoisotopic (exact) mass is 431 g/mol. The van der Waals surface area contributed by atoms with Crippen molar-refractivity contribution in [3.8, 4) is 0 Å². The Kier molecular flexibility index (Phi) is 5.75. The molecule has 5 nitrogen and oxygen atoms in total. The number of carbonyl (C=O) groups excluding carboxylic acids is 2. The van der Waals surface area contributed by atoms with Crippen LogP contribution in [0.3, 0.4) is 0 Å². The standard InChI is InChI=1S/C20H18ClN3O2S2/c21-13-8-6-12(7-9-13)18(25)24-20-23-17-15(4-1-5-16(17)28-20)19(26)22-11-14-3-2-10-27-14/h2-3,6-10,15H,1,4-5,11H2,(H,22,26)(H,23,24,25)/t15-/m0/s1. The van der Waals surface area contributed by atoms with Gasteiger partial charge in [0.05, 0.1) is 18.2 Å². The van der Waals surface area contributed by atoms with Gasteiger partial charge >= 0.3 is 0 Å². The highest BCUT2D eigenvalue weighted by Gasteiger charge is 2.30. The Morgan fingerprint density at radius 3 is 2.79 bits per heavy atom. The number of aromatic nitrogens is 1. The van der Waals surface area contributed by atoms with Gasteiger partial charge in [0.2, 0.25) is 5.91 Å². The molecule has 2 aromatic heterocycles. The Hall–Kier alpha value is -2.22. The summed E-state index contributed by atoms with van der Waals surface area (Å²) in [6, 6.07) is 10.7. The van der Waals surface area contributed by atoms with E-state index in [9.17, 15) is 9.59 Å². The van der Waals surface area contributed by atoms with Crippen LogP contribution < -0.4 is 10.6 Å². The molecule has 3 aromatic rings. The summed E-state index contributed by atoms with van der Waals surface area (Å²) in [5.41, 5.74) is 1.31. The summed E-state index contributed by atoms with van der Waals surface area (Å²) in [6.07, 6.45) is 2.60. The van der Waals surface area contributed by atoms with Crippen molar-refractivity contribution >= 4 is 51.2 Å². The fourth-order valence-electron chi connectivity index (χ4n) is 3.21. The first-order valence-electron chi connectivity index (χ1n) is 8.97. The molecule has 0 aliphatic heterocycles. The lowest BCUT2D eigenvalue weighted by atomic mass is 9.90. The fourth-order valence-corrected chi connectivity index (χ4v) is 5.04. The summed E-state index contributed by atoms with van der Waals surface area (Å²) in [6.45, 7) is 0.534. The van der Waals surface area contributed by atoms with Gasteiger partial charge in [-0.2, -0.15) is 0 Å². The van der Waals surface area contributed by atoms with Crippen molar-refractivity contribution in [1.82, 2.24) is 10.3 Å². The number of hydrogen-bond acceptors (Lipinski definition) is 5. The lowest BCUT2D eigenvalue weighted by Crippen LogP contribution is -2.30. The van der Waals surface area contributed by atoms with Gasteiger partial charge in [0.25, 0.3) is 5.91 Å². The van der Waals surface area contributed by atoms with Gasteiger partial charge in [-0.3, -0.25) is 14.9 Å². The molecular formula is C20H18ClN3O2S2. The molecule has 1 atom stereocenters. The van der Waals surface area contributed by atoms with E-state index >= 15 is 0 Å². The number of rotatable bonds is 5. The highest BCUT2D eigenvalue weighted by atomic mass is 35.5. The van der Waals surface area contributed by atoms with E-state index in [1.807, 2.05) is 17.5 Å². The summed E-state index contributed by atoms with van der Waals surface area (Å²) in [7, 11) is 0. The normalized spacial score (nSPS) is 15.7. The summed E-state index contributed by atoms with van der Waals surface area (Å²) in [4.78, 5) is 31.9. The molecule has 0 saturated carbocycles. The van der Waals surface area contributed by atoms with Crippen LogP contribution >= 0.6 is 34.3 Å². The summed E-state index contributed by atoms with van der Waals surface area (Å²) >= 11 is 8.94. The highest BCUT2D eigenvalue weighted by Crippen LogP contribution is 2.37. The minimum Gasteiger partial charge on any atom is -0.351 e. The van der Waals surface area contributed by atoms with E-state index in [0.29, 0.717) is 22.3 Å². The van der Waals surface area contributed by atoms with Gasteiger partial charge in [0, 0.05) is 20.3 Å². The van der Waals surface area contributed by atoms with Gasteiger partial charge < -0.3 is 5.32 Å². The molecule has 144 valence electrons. The molecule has 0 radical (unpaired) electrons. The van der Waals surface area contributed by atoms with Crippen molar-refractivity contribution in [1.29, 1.82) is 0 Å². The minimum atomic E-state index is -0.263. The summed E-state index contributed by atoms with van der Waals surface area (Å²) in [5, 5.41) is 8.97. The second-order valence-electron chi connectivity index (χ2n) is 6.53. The average molecular weight is 432 g/mol. The molecule has 0 unspecified atom stereocenters. The van der Waals surface area contributed by atoms with Gasteiger partial charge in [-0.1, -0.05) is 17.7 Å². The maximum Gasteiger partial charge on any atom is 0.257 e. The number of nitrogens with zero attached hydrogens (tertiary/aromatic N) is 1. The van der Waals surface area contributed by atoms with E-state index in [1.54, 1.807) is 35.6 Å². The quantitative estimate of drug-likeness (QED) is 0.606. The molecule has 0 fully saturated rings. The number of hydrogen-bond donors (Lipinski definition) is 2. The zero-order chi connectivity index (χ0) is 19.5. The second-order valence-corrected chi connectivity index (χ2v) is 9.08. The predicted octanol–water partition coefficient (Wildman–Crippen LogP) is 4.85. The number of anilines is 1. The van der Waals surface area contributed by atoms with Gasteiger partial charge in [-0.05, 0) is 55.0 Å². The average Bonchev–Trinajstić information content (AvgIpc) is 3.35. The predicted molar refractivity (Wildman–Crippen MR) is 113 cm³/mol.